The molecule has 1 aromatic rings. The van der Waals surface area contributed by atoms with Crippen molar-refractivity contribution < 1.29 is 33.8 Å². The molecule has 0 unspecified atom stereocenters. The number of benzene rings is 1. The second-order valence-electron chi connectivity index (χ2n) is 9.62. The zero-order chi connectivity index (χ0) is 27.7. The summed E-state index contributed by atoms with van der Waals surface area (Å²) in [7, 11) is 0. The molecule has 5 N–H and O–H groups in total. The van der Waals surface area contributed by atoms with Crippen molar-refractivity contribution in [1.29, 1.82) is 0 Å². The molecule has 0 saturated carbocycles. The van der Waals surface area contributed by atoms with E-state index in [0.29, 0.717) is 5.56 Å². The molecule has 0 bridgehead atoms. The van der Waals surface area contributed by atoms with Crippen molar-refractivity contribution in [3.63, 3.8) is 0 Å². The molecule has 0 aliphatic carbocycles. The summed E-state index contributed by atoms with van der Waals surface area (Å²) >= 11 is 0. The van der Waals surface area contributed by atoms with Gasteiger partial charge < -0.3 is 31.1 Å². The minimum absolute atomic E-state index is 0.0245. The largest absolute Gasteiger partial charge is 0.508 e. The van der Waals surface area contributed by atoms with Crippen LogP contribution < -0.4 is 21.3 Å². The van der Waals surface area contributed by atoms with Crippen molar-refractivity contribution in [2.24, 2.45) is 11.8 Å². The van der Waals surface area contributed by atoms with Crippen molar-refractivity contribution in [3.8, 4) is 5.75 Å². The first-order valence-electron chi connectivity index (χ1n) is 12.2. The van der Waals surface area contributed by atoms with E-state index in [1.54, 1.807) is 19.1 Å². The predicted octanol–water partition coefficient (Wildman–Crippen LogP) is 0.623. The highest BCUT2D eigenvalue weighted by molar-refractivity contribution is 5.97. The van der Waals surface area contributed by atoms with Crippen molar-refractivity contribution in [2.45, 2.75) is 65.3 Å². The average molecular weight is 517 g/mol. The van der Waals surface area contributed by atoms with Gasteiger partial charge in [0.05, 0.1) is 5.92 Å². The maximum atomic E-state index is 13.3. The Bertz CT molecular complexity index is 1020. The number of phenols is 1. The lowest BCUT2D eigenvalue weighted by Gasteiger charge is -2.29. The third-order valence-corrected chi connectivity index (χ3v) is 5.75. The maximum Gasteiger partial charge on any atom is 0.310 e. The van der Waals surface area contributed by atoms with E-state index >= 15 is 0 Å². The van der Waals surface area contributed by atoms with Crippen LogP contribution in [0.4, 0.5) is 0 Å². The van der Waals surface area contributed by atoms with E-state index in [1.807, 2.05) is 13.8 Å². The topological polar surface area (TPSA) is 163 Å². The Morgan fingerprint density at radius 1 is 1.05 bits per heavy atom. The number of esters is 1. The van der Waals surface area contributed by atoms with Crippen LogP contribution in [-0.2, 0) is 28.7 Å². The summed E-state index contributed by atoms with van der Waals surface area (Å²) in [6.07, 6.45) is 1.89. The summed E-state index contributed by atoms with van der Waals surface area (Å²) in [5.41, 5.74) is 0.640. The van der Waals surface area contributed by atoms with Gasteiger partial charge in [0, 0.05) is 12.6 Å². The van der Waals surface area contributed by atoms with Crippen molar-refractivity contribution in [2.75, 3.05) is 6.54 Å². The quantitative estimate of drug-likeness (QED) is 0.283. The molecule has 0 radical (unpaired) electrons. The molecule has 4 amide bonds. The first kappa shape index (κ1) is 29.3. The third kappa shape index (κ3) is 9.25. The number of phenolic OH excluding ortho intramolecular Hbond substituents is 1. The number of hydrogen-bond acceptors (Lipinski definition) is 7. The molecule has 1 aromatic carbocycles. The van der Waals surface area contributed by atoms with E-state index in [2.05, 4.69) is 21.3 Å². The monoisotopic (exact) mass is 516 g/mol. The number of carbonyl (C=O) groups is 5. The molecule has 2 rings (SSSR count). The van der Waals surface area contributed by atoms with E-state index < -0.39 is 59.7 Å². The Kier molecular flexibility index (Phi) is 10.6. The summed E-state index contributed by atoms with van der Waals surface area (Å²) < 4.78 is 5.45. The Morgan fingerprint density at radius 3 is 2.32 bits per heavy atom. The van der Waals surface area contributed by atoms with Gasteiger partial charge in [-0.25, -0.2) is 0 Å². The van der Waals surface area contributed by atoms with Crippen LogP contribution in [0.15, 0.2) is 30.3 Å². The number of nitrogens with one attached hydrogen (secondary N) is 4. The van der Waals surface area contributed by atoms with E-state index in [9.17, 15) is 29.1 Å². The second-order valence-corrected chi connectivity index (χ2v) is 9.62. The van der Waals surface area contributed by atoms with Gasteiger partial charge in [-0.1, -0.05) is 32.9 Å². The van der Waals surface area contributed by atoms with Crippen LogP contribution in [0.25, 0.3) is 6.08 Å². The molecule has 1 saturated heterocycles. The van der Waals surface area contributed by atoms with Crippen LogP contribution in [0.2, 0.25) is 0 Å². The number of aromatic hydroxyl groups is 1. The molecule has 202 valence electrons. The van der Waals surface area contributed by atoms with Crippen LogP contribution >= 0.6 is 0 Å². The molecule has 1 aliphatic heterocycles. The molecule has 1 heterocycles. The van der Waals surface area contributed by atoms with Crippen LogP contribution in [0.5, 0.6) is 5.75 Å². The minimum atomic E-state index is -1.30. The Morgan fingerprint density at radius 2 is 1.70 bits per heavy atom. The van der Waals surface area contributed by atoms with Crippen molar-refractivity contribution in [3.05, 3.63) is 35.9 Å². The number of rotatable bonds is 5. The summed E-state index contributed by atoms with van der Waals surface area (Å²) in [6.45, 7) is 8.24. The van der Waals surface area contributed by atoms with Crippen molar-refractivity contribution >= 4 is 35.7 Å². The summed E-state index contributed by atoms with van der Waals surface area (Å²) in [6, 6.07) is 2.96. The molecular formula is C26H36N4O7. The maximum absolute atomic E-state index is 13.3. The lowest BCUT2D eigenvalue weighted by atomic mass is 10.0. The number of cyclic esters (lactones) is 1. The smallest absolute Gasteiger partial charge is 0.310 e. The third-order valence-electron chi connectivity index (χ3n) is 5.75. The molecule has 0 aromatic heterocycles. The molecule has 0 spiro atoms. The molecular weight excluding hydrogens is 480 g/mol. The normalized spacial score (nSPS) is 26.1. The standard InChI is InChI=1S/C26H36N4O7/c1-14(2)12-20-24(34)28-16(4)23(33)27-13-15(3)26(36)37-17(5)22(25(35)29-20)30-21(32)11-8-18-6-9-19(31)10-7-18/h6-11,14-17,20,22,31H,12-13H2,1-5H3,(H,27,33)(H,28,34)(H,29,35)(H,30,32)/t15-,16+,17+,20-,22-/m0/s1. The van der Waals surface area contributed by atoms with Crippen molar-refractivity contribution in [1.82, 2.24) is 21.3 Å². The number of carbonyl (C=O) groups excluding carboxylic acids is 5. The van der Waals surface area contributed by atoms with Gasteiger partial charge >= 0.3 is 5.97 Å². The molecule has 1 aliphatic rings. The Balaban J connectivity index is 2.30. The molecule has 5 atom stereocenters. The van der Waals surface area contributed by atoms with Gasteiger partial charge in [-0.3, -0.25) is 24.0 Å². The van der Waals surface area contributed by atoms with Crippen LogP contribution in [-0.4, -0.2) is 65.5 Å². The fourth-order valence-electron chi connectivity index (χ4n) is 3.56. The van der Waals surface area contributed by atoms with E-state index in [4.69, 9.17) is 4.74 Å². The highest BCUT2D eigenvalue weighted by atomic mass is 16.5. The highest BCUT2D eigenvalue weighted by Crippen LogP contribution is 2.12. The average Bonchev–Trinajstić information content (AvgIpc) is 2.83. The predicted molar refractivity (Wildman–Crippen MR) is 136 cm³/mol. The molecule has 37 heavy (non-hydrogen) atoms. The van der Waals surface area contributed by atoms with Crippen LogP contribution in [0.3, 0.4) is 0 Å². The van der Waals surface area contributed by atoms with E-state index in [-0.39, 0.29) is 24.6 Å². The van der Waals surface area contributed by atoms with E-state index in [1.165, 1.54) is 38.1 Å². The molecule has 11 nitrogen and oxygen atoms in total. The first-order chi connectivity index (χ1) is 17.4. The number of hydrogen-bond donors (Lipinski definition) is 5. The zero-order valence-electron chi connectivity index (χ0n) is 21.7. The van der Waals surface area contributed by atoms with Gasteiger partial charge in [-0.15, -0.1) is 0 Å². The minimum Gasteiger partial charge on any atom is -0.508 e. The summed E-state index contributed by atoms with van der Waals surface area (Å²) in [5, 5.41) is 19.8. The Hall–Kier alpha value is -3.89. The summed E-state index contributed by atoms with van der Waals surface area (Å²) in [4.78, 5) is 63.8. The van der Waals surface area contributed by atoms with Gasteiger partial charge in [0.15, 0.2) is 0 Å². The van der Waals surface area contributed by atoms with Crippen LogP contribution in [0, 0.1) is 11.8 Å². The molecule has 11 heteroatoms. The molecule has 1 fully saturated rings. The van der Waals surface area contributed by atoms with Gasteiger partial charge in [0.1, 0.15) is 30.0 Å². The zero-order valence-corrected chi connectivity index (χ0v) is 21.7. The van der Waals surface area contributed by atoms with Gasteiger partial charge in [-0.2, -0.15) is 0 Å². The lowest BCUT2D eigenvalue weighted by Crippen LogP contribution is -2.59. The number of ether oxygens (including phenoxy) is 1. The highest BCUT2D eigenvalue weighted by Gasteiger charge is 2.34. The number of amides is 4. The SMILES string of the molecule is CC(C)C[C@@H]1NC(=O)[C@@H](NC(=O)C=Cc2ccc(O)cc2)[C@@H](C)OC(=O)[C@@H](C)CNC(=O)[C@@H](C)NC1=O. The Labute approximate surface area is 216 Å². The lowest BCUT2D eigenvalue weighted by molar-refractivity contribution is -0.156. The second kappa shape index (κ2) is 13.4. The summed E-state index contributed by atoms with van der Waals surface area (Å²) in [5.74, 6) is -3.65. The fourth-order valence-corrected chi connectivity index (χ4v) is 3.56. The van der Waals surface area contributed by atoms with Gasteiger partial charge in [0.25, 0.3) is 0 Å². The fraction of sp³-hybridized carbons (Fsp3) is 0.500. The first-order valence-corrected chi connectivity index (χ1v) is 12.2. The van der Waals surface area contributed by atoms with Gasteiger partial charge in [0.2, 0.25) is 23.6 Å². The van der Waals surface area contributed by atoms with E-state index in [0.717, 1.165) is 0 Å². The van der Waals surface area contributed by atoms with Gasteiger partial charge in [-0.05, 0) is 50.0 Å². The van der Waals surface area contributed by atoms with Crippen LogP contribution in [0.1, 0.15) is 46.6 Å².